The van der Waals surface area contributed by atoms with Crippen molar-refractivity contribution < 1.29 is 17.1 Å². The van der Waals surface area contributed by atoms with E-state index < -0.39 is 10.4 Å². The van der Waals surface area contributed by atoms with Crippen molar-refractivity contribution in [2.75, 3.05) is 0 Å². The average Bonchev–Trinajstić information content (AvgIpc) is 1.35. The predicted molar refractivity (Wildman–Crippen MR) is 28.3 cm³/mol. The Bertz CT molecular complexity index is 114. The van der Waals surface area contributed by atoms with Crippen molar-refractivity contribution >= 4 is 37.3 Å². The van der Waals surface area contributed by atoms with Crippen molar-refractivity contribution in [3.63, 3.8) is 0 Å². The van der Waals surface area contributed by atoms with Gasteiger partial charge in [0.1, 0.15) is 0 Å². The molecular weight excluding hydrogens is 114 g/mol. The summed E-state index contributed by atoms with van der Waals surface area (Å²) in [6.45, 7) is 0. The molecule has 0 bridgehead atoms. The van der Waals surface area contributed by atoms with Gasteiger partial charge < -0.3 is 4.10 Å². The molecule has 0 aromatic rings. The van der Waals surface area contributed by atoms with Crippen LogP contribution in [0.1, 0.15) is 0 Å². The number of hydrogen-bond donors (Lipinski definition) is 1. The van der Waals surface area contributed by atoms with Crippen LogP contribution in [0.15, 0.2) is 0 Å². The van der Waals surface area contributed by atoms with E-state index in [1.807, 2.05) is 0 Å². The number of rotatable bonds is 1. The summed E-state index contributed by atoms with van der Waals surface area (Å²) >= 11 is 0. The maximum absolute atomic E-state index is 9.33. The van der Waals surface area contributed by atoms with E-state index in [1.54, 1.807) is 0 Å². The van der Waals surface area contributed by atoms with E-state index in [1.165, 1.54) is 0 Å². The van der Waals surface area contributed by atoms with Crippen LogP contribution in [0.4, 0.5) is 0 Å². The van der Waals surface area contributed by atoms with Crippen molar-refractivity contribution in [3.05, 3.63) is 0 Å². The molecule has 7 heteroatoms. The first kappa shape index (κ1) is 10.5. The van der Waals surface area contributed by atoms with Crippen molar-refractivity contribution in [2.24, 2.45) is 0 Å². The molecule has 1 N–H and O–H groups in total. The van der Waals surface area contributed by atoms with Gasteiger partial charge >= 0.3 is 29.3 Å². The van der Waals surface area contributed by atoms with Gasteiger partial charge in [-0.25, -0.2) is 0 Å². The summed E-state index contributed by atoms with van der Waals surface area (Å²) in [4.78, 5) is 0. The van der Waals surface area contributed by atoms with Crippen LogP contribution in [0.5, 0.6) is 0 Å². The molecule has 0 aliphatic rings. The van der Waals surface area contributed by atoms with Crippen LogP contribution in [0.2, 0.25) is 0 Å². The zero-order chi connectivity index (χ0) is 5.21. The Morgan fingerprint density at radius 1 is 1.57 bits per heavy atom. The fraction of sp³-hybridized carbons (Fsp3) is 0. The predicted octanol–water partition coefficient (Wildman–Crippen LogP) is -2.29. The molecule has 0 spiro atoms. The molecule has 0 radical (unpaired) electrons. The summed E-state index contributed by atoms with van der Waals surface area (Å²) in [6, 6.07) is 0. The summed E-state index contributed by atoms with van der Waals surface area (Å²) in [5.41, 5.74) is 0. The molecule has 7 heavy (non-hydrogen) atoms. The normalized spacial score (nSPS) is 9.86. The zero-order valence-electron chi connectivity index (χ0n) is 3.08. The number of hydrogen-bond acceptors (Lipinski definition) is 3. The first-order chi connectivity index (χ1) is 2.56. The van der Waals surface area contributed by atoms with Gasteiger partial charge in [-0.05, 0) is 0 Å². The van der Waals surface area contributed by atoms with Gasteiger partial charge in [-0.2, -0.15) is 8.42 Å². The molecule has 0 atom stereocenters. The molecule has 0 amide bonds. The minimum atomic E-state index is -4.16. The second kappa shape index (κ2) is 3.52. The van der Waals surface area contributed by atoms with Crippen molar-refractivity contribution in [1.29, 1.82) is 0 Å². The Morgan fingerprint density at radius 2 is 1.71 bits per heavy atom. The Hall–Kier alpha value is 0.532. The summed E-state index contributed by atoms with van der Waals surface area (Å²) in [5.74, 6) is 0. The standard InChI is InChI=1S/BH3O4S.Li.H/c1-5-6(2,3)4;;/h1H2,(H,2,3,4);;. The Morgan fingerprint density at radius 3 is 1.71 bits per heavy atom. The third kappa shape index (κ3) is 10.8. The van der Waals surface area contributed by atoms with Gasteiger partial charge in [0.2, 0.25) is 0 Å². The second-order valence-corrected chi connectivity index (χ2v) is 1.78. The van der Waals surface area contributed by atoms with Gasteiger partial charge in [0.25, 0.3) is 8.05 Å². The summed E-state index contributed by atoms with van der Waals surface area (Å²) in [6.07, 6.45) is 0. The first-order valence-corrected chi connectivity index (χ1v) is 2.46. The zero-order valence-corrected chi connectivity index (χ0v) is 3.90. The van der Waals surface area contributed by atoms with Crippen molar-refractivity contribution in [3.8, 4) is 0 Å². The van der Waals surface area contributed by atoms with E-state index >= 15 is 0 Å². The molecular formula is H4BLiO4S. The quantitative estimate of drug-likeness (QED) is 0.310. The molecule has 0 aromatic carbocycles. The fourth-order valence-corrected chi connectivity index (χ4v) is 0. The topological polar surface area (TPSA) is 63.6 Å². The van der Waals surface area contributed by atoms with E-state index in [4.69, 9.17) is 4.55 Å². The van der Waals surface area contributed by atoms with Crippen LogP contribution < -0.4 is 0 Å². The van der Waals surface area contributed by atoms with Crippen LogP contribution in [0.25, 0.3) is 0 Å². The molecule has 4 nitrogen and oxygen atoms in total. The summed E-state index contributed by atoms with van der Waals surface area (Å²) < 4.78 is 29.7. The molecule has 0 unspecified atom stereocenters. The Kier molecular flexibility index (Phi) is 5.29. The molecule has 0 aliphatic heterocycles. The van der Waals surface area contributed by atoms with Crippen LogP contribution >= 0.6 is 0 Å². The van der Waals surface area contributed by atoms with Crippen molar-refractivity contribution in [1.82, 2.24) is 0 Å². The molecule has 0 rings (SSSR count). The van der Waals surface area contributed by atoms with Crippen LogP contribution in [-0.4, -0.2) is 39.9 Å². The average molecular weight is 118 g/mol. The first-order valence-electron chi connectivity index (χ1n) is 1.09. The van der Waals surface area contributed by atoms with Crippen LogP contribution in [-0.2, 0) is 14.5 Å². The van der Waals surface area contributed by atoms with E-state index in [0.29, 0.717) is 0 Å². The molecule has 0 saturated heterocycles. The monoisotopic (exact) mass is 118 g/mol. The van der Waals surface area contributed by atoms with E-state index in [-0.39, 0.29) is 18.9 Å². The second-order valence-electron chi connectivity index (χ2n) is 0.594. The Balaban J connectivity index is 0. The summed E-state index contributed by atoms with van der Waals surface area (Å²) in [5, 5.41) is 0. The molecule has 0 fully saturated rings. The fourth-order valence-electron chi connectivity index (χ4n) is 0. The third-order valence-electron chi connectivity index (χ3n) is 0.211. The van der Waals surface area contributed by atoms with Gasteiger partial charge in [-0.15, -0.1) is 0 Å². The molecule has 0 aliphatic carbocycles. The Labute approximate surface area is 54.8 Å². The van der Waals surface area contributed by atoms with E-state index in [2.05, 4.69) is 4.10 Å². The molecule has 0 heterocycles. The van der Waals surface area contributed by atoms with Gasteiger partial charge in [0.05, 0.1) is 0 Å². The molecule has 0 aromatic heterocycles. The minimum absolute atomic E-state index is 0. The molecule has 38 valence electrons. The van der Waals surface area contributed by atoms with E-state index in [0.717, 1.165) is 8.05 Å². The van der Waals surface area contributed by atoms with Crippen molar-refractivity contribution in [2.45, 2.75) is 0 Å². The van der Waals surface area contributed by atoms with Gasteiger partial charge in [0, 0.05) is 0 Å². The van der Waals surface area contributed by atoms with E-state index in [9.17, 15) is 8.42 Å². The molecule has 0 saturated carbocycles. The SMILES string of the molecule is BOS(=O)(=O)O.[LiH]. The maximum atomic E-state index is 9.33. The van der Waals surface area contributed by atoms with Gasteiger partial charge in [-0.3, -0.25) is 4.55 Å². The van der Waals surface area contributed by atoms with Gasteiger partial charge in [0.15, 0.2) is 0 Å². The summed E-state index contributed by atoms with van der Waals surface area (Å²) in [7, 11) is -3.29. The van der Waals surface area contributed by atoms with Crippen LogP contribution in [0.3, 0.4) is 0 Å². The van der Waals surface area contributed by atoms with Crippen LogP contribution in [0, 0.1) is 0 Å². The van der Waals surface area contributed by atoms with Gasteiger partial charge in [-0.1, -0.05) is 0 Å². The third-order valence-corrected chi connectivity index (χ3v) is 0.632.